The highest BCUT2D eigenvalue weighted by Gasteiger charge is 2.23. The molecule has 9 rings (SSSR count). The molecule has 0 radical (unpaired) electrons. The molecule has 0 saturated carbocycles. The molecular weight excluding hydrogens is 858 g/mol. The Bertz CT molecular complexity index is 4020. The summed E-state index contributed by atoms with van der Waals surface area (Å²) in [6, 6.07) is 30.2. The van der Waals surface area contributed by atoms with Crippen LogP contribution in [0, 0.1) is 11.2 Å². The lowest BCUT2D eigenvalue weighted by Crippen LogP contribution is -2.10. The average Bonchev–Trinajstić information content (AvgIpc) is 2.82. The fourth-order valence-electron chi connectivity index (χ4n) is 8.31. The van der Waals surface area contributed by atoms with Gasteiger partial charge in [0.1, 0.15) is 17.0 Å². The summed E-state index contributed by atoms with van der Waals surface area (Å²) < 4.78 is 195. The molecule has 0 amide bonds. The van der Waals surface area contributed by atoms with E-state index in [2.05, 4.69) is 15.0 Å². The lowest BCUT2D eigenvalue weighted by atomic mass is 9.87. The molecule has 5 aromatic carbocycles. The van der Waals surface area contributed by atoms with E-state index in [-0.39, 0.29) is 55.6 Å². The predicted molar refractivity (Wildman–Crippen MR) is 290 cm³/mol. The monoisotopic (exact) mass is 944 g/mol. The molecule has 0 bridgehead atoms. The van der Waals surface area contributed by atoms with Gasteiger partial charge in [0.25, 0.3) is 0 Å². The summed E-state index contributed by atoms with van der Waals surface area (Å²) in [6.45, 7) is 13.6. The summed E-state index contributed by atoms with van der Waals surface area (Å²) >= 11 is 0. The molecule has 5 heteroatoms. The van der Waals surface area contributed by atoms with Crippen LogP contribution in [-0.4, -0.2) is 15.0 Å². The second kappa shape index (κ2) is 20.7. The molecule has 0 aliphatic rings. The third-order valence-electron chi connectivity index (χ3n) is 11.7. The van der Waals surface area contributed by atoms with Crippen molar-refractivity contribution in [2.75, 3.05) is 0 Å². The van der Waals surface area contributed by atoms with Crippen LogP contribution in [-0.2, 0) is 44.6 Å². The highest BCUT2D eigenvalue weighted by molar-refractivity contribution is 6.10. The number of rotatable bonds is 16. The fourth-order valence-corrected chi connectivity index (χ4v) is 8.31. The molecule has 4 nitrogen and oxygen atoms in total. The summed E-state index contributed by atoms with van der Waals surface area (Å²) in [7, 11) is 0. The fraction of sp³-hybridized carbons (Fsp3) is 0.308. The lowest BCUT2D eigenvalue weighted by Gasteiger charge is -2.18. The minimum absolute atomic E-state index is 0.0314. The summed E-state index contributed by atoms with van der Waals surface area (Å²) in [6.07, 6.45) is -18.9. The highest BCUT2D eigenvalue weighted by Crippen LogP contribution is 2.40. The molecular formula is C65H68FN3O. The van der Waals surface area contributed by atoms with Crippen LogP contribution in [0.15, 0.2) is 150 Å². The second-order valence-corrected chi connectivity index (χ2v) is 19.0. The quantitative estimate of drug-likeness (QED) is 0.0968. The predicted octanol–water partition coefficient (Wildman–Crippen LogP) is 17.2. The molecule has 0 atom stereocenters. The first-order valence-electron chi connectivity index (χ1n) is 32.3. The molecule has 4 aromatic heterocycles. The number of para-hydroxylation sites is 1. The number of fused-ring (bicyclic) bond motifs is 3. The smallest absolute Gasteiger partial charge is 0.144 e. The van der Waals surface area contributed by atoms with Crippen molar-refractivity contribution in [1.29, 1.82) is 0 Å². The van der Waals surface area contributed by atoms with E-state index in [0.717, 1.165) is 36.8 Å². The molecule has 0 fully saturated rings. The molecule has 0 saturated heterocycles. The molecule has 356 valence electrons. The van der Waals surface area contributed by atoms with Crippen molar-refractivity contribution >= 4 is 21.9 Å². The van der Waals surface area contributed by atoms with Gasteiger partial charge in [-0.1, -0.05) is 153 Å². The van der Waals surface area contributed by atoms with Crippen molar-refractivity contribution < 1.29 is 33.5 Å². The Hall–Kier alpha value is -6.72. The molecule has 70 heavy (non-hydrogen) atoms. The number of pyridine rings is 3. The molecule has 0 aliphatic heterocycles. The molecule has 0 N–H and O–H groups in total. The molecule has 0 spiro atoms. The third kappa shape index (κ3) is 10.8. The van der Waals surface area contributed by atoms with Crippen LogP contribution >= 0.6 is 0 Å². The highest BCUT2D eigenvalue weighted by atomic mass is 19.1. The van der Waals surface area contributed by atoms with Crippen LogP contribution in [0.3, 0.4) is 0 Å². The van der Waals surface area contributed by atoms with E-state index in [4.69, 9.17) is 8.53 Å². The molecule has 4 heterocycles. The summed E-state index contributed by atoms with van der Waals surface area (Å²) in [4.78, 5) is 13.6. The van der Waals surface area contributed by atoms with Gasteiger partial charge >= 0.3 is 0 Å². The maximum absolute atomic E-state index is 16.0. The van der Waals surface area contributed by atoms with Gasteiger partial charge in [-0.2, -0.15) is 0 Å². The first-order valence-corrected chi connectivity index (χ1v) is 23.3. The SMILES string of the molecule is [2H]c1cc2c(oc3c(-c4cc(C([2H])(C)C)c(C([2H])([2H])C([2H])([2H])c5cc(C([2H])([2H])C([2H])([2H])c6cnc(-c7ccccc7)cc6C([2H])(C)C)cc(C([2H])([2H])C([2H])([2H])c6cnc(-c7ccccc7)cc6C([2H])(C)C)c5)cn4)cccc32)c(C([2H])([2H])C(C)(C)C)c1F. The van der Waals surface area contributed by atoms with Crippen molar-refractivity contribution in [3.8, 4) is 33.8 Å². The van der Waals surface area contributed by atoms with E-state index in [1.54, 1.807) is 99.6 Å². The van der Waals surface area contributed by atoms with Gasteiger partial charge in [0.05, 0.1) is 18.5 Å². The Morgan fingerprint density at radius 3 is 1.40 bits per heavy atom. The summed E-state index contributed by atoms with van der Waals surface area (Å²) in [5.74, 6) is -6.03. The van der Waals surface area contributed by atoms with Gasteiger partial charge in [-0.25, -0.2) is 4.39 Å². The summed E-state index contributed by atoms with van der Waals surface area (Å²) in [5.41, 5.74) is -2.95. The van der Waals surface area contributed by atoms with Crippen molar-refractivity contribution in [1.82, 2.24) is 15.0 Å². The minimum atomic E-state index is -3.41. The van der Waals surface area contributed by atoms with Gasteiger partial charge in [0, 0.05) is 74.9 Å². The Kier molecular flexibility index (Phi) is 9.11. The van der Waals surface area contributed by atoms with Crippen molar-refractivity contribution in [2.45, 2.75) is 125 Å². The van der Waals surface area contributed by atoms with E-state index in [1.165, 1.54) is 65.8 Å². The first kappa shape index (κ1) is 30.8. The van der Waals surface area contributed by atoms with Crippen molar-refractivity contribution in [3.63, 3.8) is 0 Å². The third-order valence-corrected chi connectivity index (χ3v) is 11.7. The zero-order chi connectivity index (χ0) is 65.3. The zero-order valence-electron chi connectivity index (χ0n) is 58.9. The Balaban J connectivity index is 1.25. The first-order chi connectivity index (χ1) is 40.3. The van der Waals surface area contributed by atoms with E-state index in [0.29, 0.717) is 27.9 Å². The van der Waals surface area contributed by atoms with Gasteiger partial charge < -0.3 is 4.42 Å². The minimum Gasteiger partial charge on any atom is -0.455 e. The Morgan fingerprint density at radius 1 is 0.529 bits per heavy atom. The van der Waals surface area contributed by atoms with Crippen LogP contribution in [0.25, 0.3) is 55.7 Å². The Labute approximate surface area is 440 Å². The van der Waals surface area contributed by atoms with E-state index < -0.39 is 107 Å². The largest absolute Gasteiger partial charge is 0.455 e. The van der Waals surface area contributed by atoms with Gasteiger partial charge in [0.15, 0.2) is 0 Å². The number of aryl methyl sites for hydroxylation is 6. The maximum atomic E-state index is 16.0. The van der Waals surface area contributed by atoms with Crippen LogP contribution in [0.2, 0.25) is 0 Å². The number of hydrogen-bond acceptors (Lipinski definition) is 4. The van der Waals surface area contributed by atoms with Gasteiger partial charge in [-0.05, 0) is 154 Å². The van der Waals surface area contributed by atoms with Crippen LogP contribution in [0.1, 0.15) is 160 Å². The number of furan rings is 1. The van der Waals surface area contributed by atoms with Gasteiger partial charge in [-0.15, -0.1) is 0 Å². The maximum Gasteiger partial charge on any atom is 0.144 e. The van der Waals surface area contributed by atoms with Crippen molar-refractivity contribution in [3.05, 3.63) is 207 Å². The molecule has 0 aliphatic carbocycles. The number of aromatic nitrogens is 3. The second-order valence-electron chi connectivity index (χ2n) is 19.0. The summed E-state index contributed by atoms with van der Waals surface area (Å²) in [5, 5.41) is 0.599. The topological polar surface area (TPSA) is 51.8 Å². The van der Waals surface area contributed by atoms with E-state index in [1.807, 2.05) is 0 Å². The van der Waals surface area contributed by atoms with Crippen LogP contribution in [0.4, 0.5) is 4.39 Å². The van der Waals surface area contributed by atoms with Crippen molar-refractivity contribution in [2.24, 2.45) is 5.41 Å². The van der Waals surface area contributed by atoms with Crippen LogP contribution < -0.4 is 0 Å². The number of benzene rings is 5. The lowest BCUT2D eigenvalue weighted by molar-refractivity contribution is 0.401. The normalized spacial score (nSPS) is 17.7. The Morgan fingerprint density at radius 2 is 0.957 bits per heavy atom. The van der Waals surface area contributed by atoms with E-state index in [9.17, 15) is 20.6 Å². The molecule has 9 aromatic rings. The average molecular weight is 944 g/mol. The standard InChI is InChI=1S/C65H68FN3O/c1-41(2)55-34-60(47-17-12-10-13-18-47)67-38-49(55)26-23-44-31-45(24-27-50-39-68-61(35-56(50)42(3)4)48-19-14-11-15-20-48)33-46(32-44)25-28-51-40-69-62(36-57(51)43(5)6)54-22-16-21-52-53-29-30-59(66)58(37-65(7,8)9)64(53)70-63(52)54/h10-22,29-36,38-43H,23-28,37H2,1-9H3/i23D2,24D2,25D2,26D2,27D2,28D2,30D,37D2,41D,42D,43D. The molecule has 0 unspecified atom stereocenters. The van der Waals surface area contributed by atoms with Crippen LogP contribution in [0.5, 0.6) is 0 Å². The number of hydrogen-bond donors (Lipinski definition) is 0. The number of nitrogens with zero attached hydrogens (tertiary/aromatic N) is 3. The van der Waals surface area contributed by atoms with Gasteiger partial charge in [0.2, 0.25) is 0 Å². The zero-order valence-corrected chi connectivity index (χ0v) is 40.9. The van der Waals surface area contributed by atoms with E-state index >= 15 is 4.39 Å². The van der Waals surface area contributed by atoms with Gasteiger partial charge in [-0.3, -0.25) is 15.0 Å². The number of halogens is 1.